The first-order valence-corrected chi connectivity index (χ1v) is 12.4. The molecule has 0 bridgehead atoms. The lowest BCUT2D eigenvalue weighted by Gasteiger charge is -2.30. The molecule has 1 saturated carbocycles. The van der Waals surface area contributed by atoms with Crippen LogP contribution in [0.15, 0.2) is 14.4 Å². The second-order valence-corrected chi connectivity index (χ2v) is 10.8. The topological polar surface area (TPSA) is 143 Å². The van der Waals surface area contributed by atoms with E-state index >= 15 is 0 Å². The molecule has 2 rings (SSSR count). The van der Waals surface area contributed by atoms with Gasteiger partial charge in [0.15, 0.2) is 0 Å². The van der Waals surface area contributed by atoms with Crippen LogP contribution in [-0.2, 0) is 14.3 Å². The molecule has 1 aliphatic rings. The van der Waals surface area contributed by atoms with Crippen LogP contribution in [0.2, 0.25) is 0 Å². The number of H-pyrrole nitrogens is 2. The summed E-state index contributed by atoms with van der Waals surface area (Å²) in [4.78, 5) is 65.8. The predicted octanol–water partition coefficient (Wildman–Crippen LogP) is 2.67. The Morgan fingerprint density at radius 3 is 2.15 bits per heavy atom. The highest BCUT2D eigenvalue weighted by molar-refractivity contribution is 5.90. The Balaban J connectivity index is 2.28. The highest BCUT2D eigenvalue weighted by atomic mass is 16.6. The number of hydrogen-bond donors (Lipinski definition) is 3. The van der Waals surface area contributed by atoms with Crippen molar-refractivity contribution in [2.24, 2.45) is 23.7 Å². The zero-order valence-corrected chi connectivity index (χ0v) is 21.1. The summed E-state index contributed by atoms with van der Waals surface area (Å²) in [6.45, 7) is 9.21. The molecule has 1 aromatic heterocycles. The molecular formula is C24H40N4O6. The minimum absolute atomic E-state index is 0.0737. The molecule has 1 fully saturated rings. The molecule has 1 heterocycles. The fourth-order valence-electron chi connectivity index (χ4n) is 4.65. The number of nitrogens with one attached hydrogen (secondary N) is 3. The van der Waals surface area contributed by atoms with Gasteiger partial charge >= 0.3 is 23.0 Å². The molecule has 10 nitrogen and oxygen atoms in total. The zero-order valence-electron chi connectivity index (χ0n) is 21.1. The molecule has 0 aliphatic heterocycles. The standard InChI is InChI=1S/C24H40N4O6/c1-15(2)14-18(19(29)27-28-22(32)25-21(31)26-23(28)33)17(20(30)34-24(3,4)5)13-9-12-16-10-7-6-8-11-16/h15-18H,6-14H2,1-5H3,(H,27,29)(H2,25,26,31,32,33)/t17-,18?/m1/s1. The molecule has 34 heavy (non-hydrogen) atoms. The summed E-state index contributed by atoms with van der Waals surface area (Å²) in [6, 6.07) is 0. The van der Waals surface area contributed by atoms with E-state index in [1.165, 1.54) is 32.1 Å². The van der Waals surface area contributed by atoms with Gasteiger partial charge in [-0.15, -0.1) is 4.68 Å². The van der Waals surface area contributed by atoms with E-state index in [9.17, 15) is 24.0 Å². The van der Waals surface area contributed by atoms with Crippen LogP contribution in [0.4, 0.5) is 0 Å². The van der Waals surface area contributed by atoms with Crippen LogP contribution in [0, 0.1) is 23.7 Å². The van der Waals surface area contributed by atoms with Crippen LogP contribution in [-0.4, -0.2) is 32.1 Å². The second kappa shape index (κ2) is 12.2. The summed E-state index contributed by atoms with van der Waals surface area (Å²) in [5, 5.41) is 0. The van der Waals surface area contributed by atoms with E-state index in [1.54, 1.807) is 20.8 Å². The van der Waals surface area contributed by atoms with Gasteiger partial charge in [-0.25, -0.2) is 14.4 Å². The molecule has 192 valence electrons. The second-order valence-electron chi connectivity index (χ2n) is 10.8. The van der Waals surface area contributed by atoms with E-state index in [0.29, 0.717) is 23.4 Å². The van der Waals surface area contributed by atoms with Crippen molar-refractivity contribution >= 4 is 11.9 Å². The van der Waals surface area contributed by atoms with Crippen molar-refractivity contribution < 1.29 is 14.3 Å². The number of carbonyl (C=O) groups is 2. The number of nitrogens with zero attached hydrogens (tertiary/aromatic N) is 1. The van der Waals surface area contributed by atoms with E-state index in [2.05, 4.69) is 5.43 Å². The molecule has 10 heteroatoms. The van der Waals surface area contributed by atoms with Crippen LogP contribution in [0.3, 0.4) is 0 Å². The molecular weight excluding hydrogens is 440 g/mol. The predicted molar refractivity (Wildman–Crippen MR) is 129 cm³/mol. The molecule has 2 atom stereocenters. The average molecular weight is 481 g/mol. The van der Waals surface area contributed by atoms with Crippen LogP contribution in [0.25, 0.3) is 0 Å². The molecule has 3 N–H and O–H groups in total. The average Bonchev–Trinajstić information content (AvgIpc) is 2.71. The van der Waals surface area contributed by atoms with Crippen molar-refractivity contribution in [1.29, 1.82) is 0 Å². The van der Waals surface area contributed by atoms with Crippen molar-refractivity contribution in [1.82, 2.24) is 14.6 Å². The molecule has 1 amide bonds. The molecule has 1 unspecified atom stereocenters. The van der Waals surface area contributed by atoms with Gasteiger partial charge in [0.05, 0.1) is 11.8 Å². The van der Waals surface area contributed by atoms with Crippen LogP contribution < -0.4 is 22.5 Å². The third-order valence-electron chi connectivity index (χ3n) is 6.18. The Bertz CT molecular complexity index is 960. The number of rotatable bonds is 10. The Kier molecular flexibility index (Phi) is 9.88. The summed E-state index contributed by atoms with van der Waals surface area (Å²) < 4.78 is 6.09. The van der Waals surface area contributed by atoms with Crippen molar-refractivity contribution in [3.63, 3.8) is 0 Å². The molecule has 1 aromatic rings. The molecule has 0 saturated heterocycles. The van der Waals surface area contributed by atoms with Gasteiger partial charge in [0.2, 0.25) is 5.91 Å². The number of aromatic nitrogens is 3. The summed E-state index contributed by atoms with van der Waals surface area (Å²) in [6.07, 6.45) is 8.78. The van der Waals surface area contributed by atoms with E-state index in [1.807, 2.05) is 23.8 Å². The van der Waals surface area contributed by atoms with Crippen molar-refractivity contribution in [2.45, 2.75) is 98.0 Å². The fraction of sp³-hybridized carbons (Fsp3) is 0.792. The molecule has 1 aliphatic carbocycles. The number of ether oxygens (including phenoxy) is 1. The van der Waals surface area contributed by atoms with Gasteiger partial charge in [-0.3, -0.25) is 25.0 Å². The lowest BCUT2D eigenvalue weighted by atomic mass is 9.79. The van der Waals surface area contributed by atoms with Gasteiger partial charge < -0.3 is 4.74 Å². The Hall–Kier alpha value is -2.65. The number of amides is 1. The van der Waals surface area contributed by atoms with Gasteiger partial charge in [-0.2, -0.15) is 0 Å². The van der Waals surface area contributed by atoms with E-state index in [4.69, 9.17) is 4.74 Å². The SMILES string of the molecule is CC(C)CC(C(=O)Nn1c(=O)[nH]c(=O)[nH]c1=O)[C@@H](CCCC1CCCCC1)C(=O)OC(C)(C)C. The highest BCUT2D eigenvalue weighted by Gasteiger charge is 2.37. The summed E-state index contributed by atoms with van der Waals surface area (Å²) in [5.41, 5.74) is -1.51. The monoisotopic (exact) mass is 480 g/mol. The first-order valence-electron chi connectivity index (χ1n) is 12.4. The van der Waals surface area contributed by atoms with E-state index in [0.717, 1.165) is 12.8 Å². The fourth-order valence-corrected chi connectivity index (χ4v) is 4.65. The first kappa shape index (κ1) is 27.6. The number of hydrogen-bond acceptors (Lipinski definition) is 6. The van der Waals surface area contributed by atoms with Gasteiger partial charge in [0, 0.05) is 0 Å². The van der Waals surface area contributed by atoms with Crippen LogP contribution in [0.1, 0.15) is 92.4 Å². The van der Waals surface area contributed by atoms with Gasteiger partial charge in [0.25, 0.3) is 0 Å². The molecule has 0 aromatic carbocycles. The Morgan fingerprint density at radius 1 is 1.03 bits per heavy atom. The maximum absolute atomic E-state index is 13.3. The lowest BCUT2D eigenvalue weighted by Crippen LogP contribution is -2.51. The zero-order chi connectivity index (χ0) is 25.5. The number of aromatic amines is 2. The highest BCUT2D eigenvalue weighted by Crippen LogP contribution is 2.32. The first-order chi connectivity index (χ1) is 15.9. The summed E-state index contributed by atoms with van der Waals surface area (Å²) in [5.74, 6) is -1.91. The minimum atomic E-state index is -1.06. The minimum Gasteiger partial charge on any atom is -0.460 e. The Labute approximate surface area is 199 Å². The number of carbonyl (C=O) groups excluding carboxylic acids is 2. The third kappa shape index (κ3) is 8.61. The quantitative estimate of drug-likeness (QED) is 0.439. The lowest BCUT2D eigenvalue weighted by molar-refractivity contribution is -0.164. The Morgan fingerprint density at radius 2 is 1.62 bits per heavy atom. The normalized spacial score (nSPS) is 16.8. The third-order valence-corrected chi connectivity index (χ3v) is 6.18. The molecule has 0 radical (unpaired) electrons. The summed E-state index contributed by atoms with van der Waals surface area (Å²) in [7, 11) is 0. The van der Waals surface area contributed by atoms with Gasteiger partial charge in [-0.1, -0.05) is 58.8 Å². The van der Waals surface area contributed by atoms with Gasteiger partial charge in [0.1, 0.15) is 5.60 Å². The largest absolute Gasteiger partial charge is 0.460 e. The van der Waals surface area contributed by atoms with Crippen LogP contribution in [0.5, 0.6) is 0 Å². The maximum Gasteiger partial charge on any atom is 0.353 e. The smallest absolute Gasteiger partial charge is 0.353 e. The molecule has 0 spiro atoms. The maximum atomic E-state index is 13.3. The summed E-state index contributed by atoms with van der Waals surface area (Å²) >= 11 is 0. The van der Waals surface area contributed by atoms with Crippen molar-refractivity contribution in [3.8, 4) is 0 Å². The van der Waals surface area contributed by atoms with E-state index in [-0.39, 0.29) is 5.92 Å². The van der Waals surface area contributed by atoms with Gasteiger partial charge in [-0.05, 0) is 45.4 Å². The van der Waals surface area contributed by atoms with Crippen molar-refractivity contribution in [2.75, 3.05) is 5.43 Å². The van der Waals surface area contributed by atoms with E-state index < -0.39 is 46.4 Å². The van der Waals surface area contributed by atoms with Crippen LogP contribution >= 0.6 is 0 Å². The van der Waals surface area contributed by atoms with Crippen molar-refractivity contribution in [3.05, 3.63) is 31.5 Å². The number of esters is 1.